The van der Waals surface area contributed by atoms with Crippen LogP contribution in [0.3, 0.4) is 0 Å². The van der Waals surface area contributed by atoms with Crippen LogP contribution < -0.4 is 0 Å². The van der Waals surface area contributed by atoms with Gasteiger partial charge in [0.25, 0.3) is 0 Å². The van der Waals surface area contributed by atoms with Gasteiger partial charge < -0.3 is 23.4 Å². The summed E-state index contributed by atoms with van der Waals surface area (Å²) in [6, 6.07) is 0. The quantitative estimate of drug-likeness (QED) is 0.404. The fraction of sp³-hybridized carbons (Fsp3) is 0.875. The van der Waals surface area contributed by atoms with Crippen molar-refractivity contribution in [2.24, 2.45) is 5.92 Å². The van der Waals surface area contributed by atoms with E-state index in [9.17, 15) is 0 Å². The molecule has 0 aliphatic heterocycles. The van der Waals surface area contributed by atoms with Crippen LogP contribution in [0.15, 0.2) is 0 Å². The van der Waals surface area contributed by atoms with Crippen LogP contribution in [0.4, 0.5) is 0 Å². The van der Waals surface area contributed by atoms with Crippen molar-refractivity contribution in [3.8, 4) is 0 Å². The summed E-state index contributed by atoms with van der Waals surface area (Å²) in [6.45, 7) is 8.32. The summed E-state index contributed by atoms with van der Waals surface area (Å²) >= 11 is 0. The first-order valence-corrected chi connectivity index (χ1v) is 3.56. The zero-order valence-corrected chi connectivity index (χ0v) is 11.7. The Morgan fingerprint density at radius 3 is 1.67 bits per heavy atom. The van der Waals surface area contributed by atoms with E-state index in [1.807, 2.05) is 0 Å². The molecule has 0 aromatic heterocycles. The van der Waals surface area contributed by atoms with Crippen LogP contribution in [0.2, 0.25) is 0 Å². The molecular weight excluding hydrogens is 323 g/mol. The molecule has 0 saturated carbocycles. The number of hydrogen-bond acceptors (Lipinski definition) is 0. The Kier molecular flexibility index (Phi) is 55.2. The predicted molar refractivity (Wildman–Crippen MR) is 49.5 cm³/mol. The van der Waals surface area contributed by atoms with E-state index >= 15 is 0 Å². The van der Waals surface area contributed by atoms with Crippen LogP contribution in [-0.2, 0) is 25.8 Å². The Hall–Kier alpha value is 0.750. The first kappa shape index (κ1) is 29.3. The molecule has 0 radical (unpaired) electrons. The Labute approximate surface area is 94.6 Å². The fourth-order valence-electron chi connectivity index (χ4n) is 0.729. The molecule has 0 saturated heterocycles. The standard InChI is InChI=1S/C8H17.Hf.3H2O/c1-4-5-6-7-8(2)3;;;;/h8H,1,4-7H2,2-3H3;;3*1H2/q-1;;;;. The van der Waals surface area contributed by atoms with Crippen molar-refractivity contribution in [3.05, 3.63) is 6.92 Å². The molecule has 0 atom stereocenters. The van der Waals surface area contributed by atoms with Crippen LogP contribution in [0.5, 0.6) is 0 Å². The molecule has 0 aromatic carbocycles. The summed E-state index contributed by atoms with van der Waals surface area (Å²) in [5.74, 6) is 0.876. The van der Waals surface area contributed by atoms with E-state index in [0.717, 1.165) is 12.3 Å². The zero-order valence-electron chi connectivity index (χ0n) is 8.11. The van der Waals surface area contributed by atoms with Crippen LogP contribution >= 0.6 is 0 Å². The van der Waals surface area contributed by atoms with E-state index in [0.29, 0.717) is 0 Å². The van der Waals surface area contributed by atoms with Gasteiger partial charge in [-0.05, 0) is 5.92 Å². The molecule has 0 aromatic rings. The Morgan fingerprint density at radius 2 is 1.42 bits per heavy atom. The molecule has 0 aliphatic rings. The van der Waals surface area contributed by atoms with Gasteiger partial charge in [-0.25, -0.2) is 0 Å². The Bertz CT molecular complexity index is 51.6. The summed E-state index contributed by atoms with van der Waals surface area (Å²) in [5, 5.41) is 0. The average Bonchev–Trinajstić information content (AvgIpc) is 1.66. The average molecular weight is 346 g/mol. The Morgan fingerprint density at radius 1 is 1.00 bits per heavy atom. The minimum atomic E-state index is 0. The summed E-state index contributed by atoms with van der Waals surface area (Å²) in [5.41, 5.74) is 0. The van der Waals surface area contributed by atoms with Gasteiger partial charge in [0.15, 0.2) is 0 Å². The molecule has 78 valence electrons. The normalized spacial score (nSPS) is 7.00. The van der Waals surface area contributed by atoms with Crippen molar-refractivity contribution in [1.29, 1.82) is 0 Å². The zero-order chi connectivity index (χ0) is 6.41. The molecule has 0 rings (SSSR count). The van der Waals surface area contributed by atoms with Crippen LogP contribution in [0, 0.1) is 12.8 Å². The topological polar surface area (TPSA) is 94.5 Å². The maximum absolute atomic E-state index is 3.78. The van der Waals surface area contributed by atoms with E-state index in [1.165, 1.54) is 19.3 Å². The van der Waals surface area contributed by atoms with Crippen LogP contribution in [0.1, 0.15) is 39.5 Å². The SMILES string of the molecule is O.O.O.[CH2-]CCCCC(C)C.[Hf]. The smallest absolute Gasteiger partial charge is 0 e. The summed E-state index contributed by atoms with van der Waals surface area (Å²) in [7, 11) is 0. The molecule has 0 bridgehead atoms. The first-order chi connectivity index (χ1) is 3.77. The predicted octanol–water partition coefficient (Wildman–Crippen LogP) is 0.560. The third-order valence-corrected chi connectivity index (χ3v) is 1.28. The van der Waals surface area contributed by atoms with E-state index in [2.05, 4.69) is 20.8 Å². The van der Waals surface area contributed by atoms with Gasteiger partial charge in [-0.3, -0.25) is 0 Å². The molecule has 0 aliphatic carbocycles. The second-order valence-corrected chi connectivity index (χ2v) is 2.74. The molecule has 0 fully saturated rings. The molecule has 12 heavy (non-hydrogen) atoms. The molecule has 0 unspecified atom stereocenters. The van der Waals surface area contributed by atoms with Crippen molar-refractivity contribution >= 4 is 0 Å². The number of unbranched alkanes of at least 4 members (excludes halogenated alkanes) is 2. The van der Waals surface area contributed by atoms with E-state index in [1.54, 1.807) is 0 Å². The van der Waals surface area contributed by atoms with Crippen LogP contribution in [-0.4, -0.2) is 16.4 Å². The van der Waals surface area contributed by atoms with Gasteiger partial charge in [0, 0.05) is 25.8 Å². The van der Waals surface area contributed by atoms with Crippen molar-refractivity contribution in [2.75, 3.05) is 0 Å². The van der Waals surface area contributed by atoms with Crippen molar-refractivity contribution in [2.45, 2.75) is 39.5 Å². The minimum Gasteiger partial charge on any atom is -0.412 e. The summed E-state index contributed by atoms with van der Waals surface area (Å²) < 4.78 is 0. The van der Waals surface area contributed by atoms with E-state index < -0.39 is 0 Å². The Balaban J connectivity index is -0.0000000408. The largest absolute Gasteiger partial charge is 0.412 e. The fourth-order valence-corrected chi connectivity index (χ4v) is 0.729. The van der Waals surface area contributed by atoms with Crippen LogP contribution in [0.25, 0.3) is 0 Å². The van der Waals surface area contributed by atoms with Gasteiger partial charge in [-0.2, -0.15) is 6.42 Å². The minimum absolute atomic E-state index is 0. The third-order valence-electron chi connectivity index (χ3n) is 1.28. The number of rotatable bonds is 4. The maximum Gasteiger partial charge on any atom is 0 e. The summed E-state index contributed by atoms with van der Waals surface area (Å²) in [6.07, 6.45) is 5.14. The van der Waals surface area contributed by atoms with Crippen molar-refractivity contribution in [1.82, 2.24) is 0 Å². The van der Waals surface area contributed by atoms with Gasteiger partial charge in [-0.15, -0.1) is 0 Å². The van der Waals surface area contributed by atoms with Gasteiger partial charge >= 0.3 is 0 Å². The van der Waals surface area contributed by atoms with Gasteiger partial charge in [-0.1, -0.05) is 33.1 Å². The van der Waals surface area contributed by atoms with E-state index in [4.69, 9.17) is 0 Å². The second-order valence-electron chi connectivity index (χ2n) is 2.74. The van der Waals surface area contributed by atoms with Gasteiger partial charge in [0.2, 0.25) is 0 Å². The summed E-state index contributed by atoms with van der Waals surface area (Å²) in [4.78, 5) is 0. The molecule has 3 nitrogen and oxygen atoms in total. The first-order valence-electron chi connectivity index (χ1n) is 3.56. The van der Waals surface area contributed by atoms with E-state index in [-0.39, 0.29) is 42.3 Å². The van der Waals surface area contributed by atoms with Crippen molar-refractivity contribution < 1.29 is 42.3 Å². The third kappa shape index (κ3) is 30.9. The molecule has 0 amide bonds. The molecule has 6 N–H and O–H groups in total. The van der Waals surface area contributed by atoms with Gasteiger partial charge in [0.05, 0.1) is 0 Å². The molecule has 4 heteroatoms. The molecular formula is C8H23HfO3-. The molecule has 0 heterocycles. The molecule has 0 spiro atoms. The monoisotopic (exact) mass is 347 g/mol. The van der Waals surface area contributed by atoms with Gasteiger partial charge in [0.1, 0.15) is 0 Å². The maximum atomic E-state index is 3.78. The second kappa shape index (κ2) is 22.6. The van der Waals surface area contributed by atoms with Crippen molar-refractivity contribution in [3.63, 3.8) is 0 Å². The number of hydrogen-bond donors (Lipinski definition) is 0.